The predicted molar refractivity (Wildman–Crippen MR) is 68.4 cm³/mol. The largest absolute Gasteiger partial charge is 0.478 e. The second kappa shape index (κ2) is 5.49. The highest BCUT2D eigenvalue weighted by Crippen LogP contribution is 2.21. The van der Waals surface area contributed by atoms with Crippen LogP contribution in [0.4, 0.5) is 0 Å². The van der Waals surface area contributed by atoms with Gasteiger partial charge in [-0.05, 0) is 30.7 Å². The number of nitrogens with zero attached hydrogens (tertiary/aromatic N) is 1. The van der Waals surface area contributed by atoms with Gasteiger partial charge in [-0.1, -0.05) is 12.1 Å². The molecule has 0 spiro atoms. The first-order chi connectivity index (χ1) is 9.10. The highest BCUT2D eigenvalue weighted by Gasteiger charge is 2.09. The zero-order chi connectivity index (χ0) is 13.8. The second-order valence-electron chi connectivity index (χ2n) is 3.99. The van der Waals surface area contributed by atoms with Gasteiger partial charge in [0.05, 0.1) is 17.9 Å². The van der Waals surface area contributed by atoms with Crippen molar-refractivity contribution in [3.63, 3.8) is 0 Å². The fraction of sp³-hybridized carbons (Fsp3) is 0.143. The third kappa shape index (κ3) is 3.08. The number of aromatic nitrogens is 1. The van der Waals surface area contributed by atoms with E-state index in [2.05, 4.69) is 4.98 Å². The van der Waals surface area contributed by atoms with Gasteiger partial charge < -0.3 is 14.9 Å². The van der Waals surface area contributed by atoms with Crippen molar-refractivity contribution in [3.05, 3.63) is 53.2 Å². The summed E-state index contributed by atoms with van der Waals surface area (Å²) in [6.45, 7) is 1.59. The summed E-state index contributed by atoms with van der Waals surface area (Å²) in [6.07, 6.45) is 0. The average Bonchev–Trinajstić information content (AvgIpc) is 2.39. The number of carbonyl (C=O) groups is 1. The SMILES string of the molecule is Cc1nc(Oc2ccc(CO)cc2)ccc1C(=O)O. The Kier molecular flexibility index (Phi) is 3.77. The van der Waals surface area contributed by atoms with Gasteiger partial charge in [0.15, 0.2) is 0 Å². The maximum atomic E-state index is 10.9. The Morgan fingerprint density at radius 3 is 2.42 bits per heavy atom. The van der Waals surface area contributed by atoms with E-state index in [0.29, 0.717) is 17.3 Å². The fourth-order valence-electron chi connectivity index (χ4n) is 1.60. The van der Waals surface area contributed by atoms with E-state index in [1.54, 1.807) is 31.2 Å². The van der Waals surface area contributed by atoms with Gasteiger partial charge >= 0.3 is 5.97 Å². The summed E-state index contributed by atoms with van der Waals surface area (Å²) >= 11 is 0. The van der Waals surface area contributed by atoms with Gasteiger partial charge in [-0.15, -0.1) is 0 Å². The van der Waals surface area contributed by atoms with Gasteiger partial charge in [0.1, 0.15) is 5.75 Å². The molecule has 0 amide bonds. The molecule has 0 radical (unpaired) electrons. The molecule has 0 saturated carbocycles. The number of hydrogen-bond donors (Lipinski definition) is 2. The van der Waals surface area contributed by atoms with Crippen molar-refractivity contribution < 1.29 is 19.7 Å². The van der Waals surface area contributed by atoms with Crippen molar-refractivity contribution >= 4 is 5.97 Å². The Morgan fingerprint density at radius 1 is 1.21 bits per heavy atom. The van der Waals surface area contributed by atoms with Crippen LogP contribution in [0.5, 0.6) is 11.6 Å². The molecule has 2 rings (SSSR count). The van der Waals surface area contributed by atoms with E-state index >= 15 is 0 Å². The lowest BCUT2D eigenvalue weighted by Gasteiger charge is -2.07. The topological polar surface area (TPSA) is 79.7 Å². The van der Waals surface area contributed by atoms with Gasteiger partial charge in [-0.3, -0.25) is 0 Å². The van der Waals surface area contributed by atoms with Gasteiger partial charge in [0, 0.05) is 6.07 Å². The minimum atomic E-state index is -1.01. The Morgan fingerprint density at radius 2 is 1.89 bits per heavy atom. The summed E-state index contributed by atoms with van der Waals surface area (Å²) in [5, 5.41) is 17.8. The van der Waals surface area contributed by atoms with E-state index in [1.807, 2.05) is 0 Å². The van der Waals surface area contributed by atoms with Crippen LogP contribution in [-0.2, 0) is 6.61 Å². The van der Waals surface area contributed by atoms with Crippen LogP contribution < -0.4 is 4.74 Å². The zero-order valence-electron chi connectivity index (χ0n) is 10.3. The molecule has 0 aliphatic carbocycles. The van der Waals surface area contributed by atoms with Gasteiger partial charge in [-0.25, -0.2) is 9.78 Å². The van der Waals surface area contributed by atoms with Crippen LogP contribution in [0.2, 0.25) is 0 Å². The van der Waals surface area contributed by atoms with Crippen LogP contribution in [0.15, 0.2) is 36.4 Å². The first-order valence-corrected chi connectivity index (χ1v) is 5.69. The molecule has 0 bridgehead atoms. The quantitative estimate of drug-likeness (QED) is 0.881. The number of benzene rings is 1. The number of aliphatic hydroxyl groups excluding tert-OH is 1. The maximum absolute atomic E-state index is 10.9. The summed E-state index contributed by atoms with van der Waals surface area (Å²) < 4.78 is 5.51. The number of rotatable bonds is 4. The van der Waals surface area contributed by atoms with Crippen LogP contribution >= 0.6 is 0 Å². The summed E-state index contributed by atoms with van der Waals surface area (Å²) in [5.41, 5.74) is 1.35. The molecule has 0 aliphatic rings. The van der Waals surface area contributed by atoms with Crippen molar-refractivity contribution in [1.82, 2.24) is 4.98 Å². The van der Waals surface area contributed by atoms with Crippen molar-refractivity contribution in [3.8, 4) is 11.6 Å². The van der Waals surface area contributed by atoms with Crippen molar-refractivity contribution in [2.24, 2.45) is 0 Å². The number of hydrogen-bond acceptors (Lipinski definition) is 4. The van der Waals surface area contributed by atoms with Crippen LogP contribution in [0.1, 0.15) is 21.6 Å². The van der Waals surface area contributed by atoms with E-state index in [9.17, 15) is 4.79 Å². The molecule has 2 aromatic rings. The van der Waals surface area contributed by atoms with Crippen molar-refractivity contribution in [2.75, 3.05) is 0 Å². The van der Waals surface area contributed by atoms with Crippen LogP contribution in [-0.4, -0.2) is 21.2 Å². The molecule has 5 heteroatoms. The first kappa shape index (κ1) is 13.0. The monoisotopic (exact) mass is 259 g/mol. The van der Waals surface area contributed by atoms with Gasteiger partial charge in [0.2, 0.25) is 5.88 Å². The van der Waals surface area contributed by atoms with E-state index in [0.717, 1.165) is 5.56 Å². The smallest absolute Gasteiger partial charge is 0.337 e. The molecule has 1 heterocycles. The highest BCUT2D eigenvalue weighted by molar-refractivity contribution is 5.88. The number of aromatic carboxylic acids is 1. The molecule has 2 N–H and O–H groups in total. The Balaban J connectivity index is 2.18. The van der Waals surface area contributed by atoms with E-state index in [4.69, 9.17) is 14.9 Å². The number of aryl methyl sites for hydroxylation is 1. The third-order valence-corrected chi connectivity index (χ3v) is 2.62. The number of aliphatic hydroxyl groups is 1. The molecular weight excluding hydrogens is 246 g/mol. The highest BCUT2D eigenvalue weighted by atomic mass is 16.5. The molecule has 0 unspecified atom stereocenters. The molecule has 0 atom stereocenters. The zero-order valence-corrected chi connectivity index (χ0v) is 10.3. The van der Waals surface area contributed by atoms with Gasteiger partial charge in [0.25, 0.3) is 0 Å². The second-order valence-corrected chi connectivity index (χ2v) is 3.99. The molecule has 0 aliphatic heterocycles. The predicted octanol–water partition coefficient (Wildman–Crippen LogP) is 2.37. The summed E-state index contributed by atoms with van der Waals surface area (Å²) in [6, 6.07) is 9.89. The maximum Gasteiger partial charge on any atom is 0.337 e. The Labute approximate surface area is 110 Å². The Hall–Kier alpha value is -2.40. The van der Waals surface area contributed by atoms with Crippen LogP contribution in [0.25, 0.3) is 0 Å². The van der Waals surface area contributed by atoms with Gasteiger partial charge in [-0.2, -0.15) is 0 Å². The molecular formula is C14H13NO4. The lowest BCUT2D eigenvalue weighted by molar-refractivity contribution is 0.0695. The number of carboxylic acid groups (broad SMARTS) is 1. The molecule has 19 heavy (non-hydrogen) atoms. The number of ether oxygens (including phenoxy) is 1. The molecule has 98 valence electrons. The third-order valence-electron chi connectivity index (χ3n) is 2.62. The van der Waals surface area contributed by atoms with Crippen molar-refractivity contribution in [2.45, 2.75) is 13.5 Å². The Bertz CT molecular complexity index is 593. The normalized spacial score (nSPS) is 10.2. The number of pyridine rings is 1. The molecule has 5 nitrogen and oxygen atoms in total. The van der Waals surface area contributed by atoms with Crippen LogP contribution in [0, 0.1) is 6.92 Å². The standard InChI is InChI=1S/C14H13NO4/c1-9-12(14(17)18)6-7-13(15-9)19-11-4-2-10(8-16)3-5-11/h2-7,16H,8H2,1H3,(H,17,18). The van der Waals surface area contributed by atoms with E-state index in [-0.39, 0.29) is 12.2 Å². The summed E-state index contributed by atoms with van der Waals surface area (Å²) in [4.78, 5) is 14.9. The average molecular weight is 259 g/mol. The summed E-state index contributed by atoms with van der Waals surface area (Å²) in [5.74, 6) is -0.102. The fourth-order valence-corrected chi connectivity index (χ4v) is 1.60. The van der Waals surface area contributed by atoms with E-state index in [1.165, 1.54) is 12.1 Å². The molecule has 0 saturated heterocycles. The molecule has 1 aromatic carbocycles. The lowest BCUT2D eigenvalue weighted by atomic mass is 10.2. The molecule has 1 aromatic heterocycles. The minimum Gasteiger partial charge on any atom is -0.478 e. The van der Waals surface area contributed by atoms with E-state index < -0.39 is 5.97 Å². The summed E-state index contributed by atoms with van der Waals surface area (Å²) in [7, 11) is 0. The first-order valence-electron chi connectivity index (χ1n) is 5.69. The lowest BCUT2D eigenvalue weighted by Crippen LogP contribution is -2.02. The minimum absolute atomic E-state index is 0.0229. The van der Waals surface area contributed by atoms with Crippen LogP contribution in [0.3, 0.4) is 0 Å². The number of carboxylic acids is 1. The molecule has 0 fully saturated rings. The van der Waals surface area contributed by atoms with Crippen molar-refractivity contribution in [1.29, 1.82) is 0 Å².